The summed E-state index contributed by atoms with van der Waals surface area (Å²) in [4.78, 5) is 34.4. The Morgan fingerprint density at radius 3 is 2.30 bits per heavy atom. The minimum Gasteiger partial charge on any atom is -0.475 e. The van der Waals surface area contributed by atoms with E-state index in [0.29, 0.717) is 6.54 Å². The van der Waals surface area contributed by atoms with E-state index in [1.54, 1.807) is 6.20 Å². The SMILES string of the molecule is C/C(=N/OC(C)(C)C)c1ccc(-c2cc(-c3cc4c([nH]3)CCNC4=O)ccn2)cc1.O=C(O)C(F)(F)F. The molecule has 4 rings (SSSR count). The van der Waals surface area contributed by atoms with Gasteiger partial charge in [-0.15, -0.1) is 0 Å². The van der Waals surface area contributed by atoms with Gasteiger partial charge in [-0.05, 0) is 51.5 Å². The number of aromatic amines is 1. The predicted octanol–water partition coefficient (Wildman–Crippen LogP) is 5.20. The molecule has 1 aliphatic rings. The van der Waals surface area contributed by atoms with Gasteiger partial charge < -0.3 is 20.2 Å². The molecule has 3 heterocycles. The number of benzene rings is 1. The first-order valence-corrected chi connectivity index (χ1v) is 11.3. The van der Waals surface area contributed by atoms with Gasteiger partial charge in [0.25, 0.3) is 5.91 Å². The normalized spacial score (nSPS) is 13.7. The predicted molar refractivity (Wildman–Crippen MR) is 132 cm³/mol. The van der Waals surface area contributed by atoms with E-state index < -0.39 is 12.1 Å². The molecule has 0 unspecified atom stereocenters. The third-order valence-electron chi connectivity index (χ3n) is 5.17. The number of halogens is 3. The zero-order valence-corrected chi connectivity index (χ0v) is 20.7. The van der Waals surface area contributed by atoms with Crippen LogP contribution in [0.5, 0.6) is 0 Å². The van der Waals surface area contributed by atoms with Crippen LogP contribution >= 0.6 is 0 Å². The Labute approximate surface area is 211 Å². The van der Waals surface area contributed by atoms with Crippen LogP contribution in [0.4, 0.5) is 13.2 Å². The molecule has 0 spiro atoms. The Bertz CT molecular complexity index is 1310. The van der Waals surface area contributed by atoms with Crippen molar-refractivity contribution in [2.24, 2.45) is 5.16 Å². The Kier molecular flexibility index (Phi) is 8.05. The van der Waals surface area contributed by atoms with E-state index in [1.807, 2.05) is 70.2 Å². The van der Waals surface area contributed by atoms with Crippen LogP contribution in [0.1, 0.15) is 49.3 Å². The van der Waals surface area contributed by atoms with E-state index in [9.17, 15) is 18.0 Å². The summed E-state index contributed by atoms with van der Waals surface area (Å²) in [6.45, 7) is 8.52. The van der Waals surface area contributed by atoms with Crippen molar-refractivity contribution in [3.05, 3.63) is 65.5 Å². The molecule has 0 aliphatic carbocycles. The average molecular weight is 517 g/mol. The summed E-state index contributed by atoms with van der Waals surface area (Å²) in [7, 11) is 0. The second kappa shape index (κ2) is 10.9. The van der Waals surface area contributed by atoms with Crippen LogP contribution < -0.4 is 5.32 Å². The van der Waals surface area contributed by atoms with Crippen LogP contribution in [0.2, 0.25) is 0 Å². The number of pyridine rings is 1. The van der Waals surface area contributed by atoms with Crippen LogP contribution in [0.3, 0.4) is 0 Å². The summed E-state index contributed by atoms with van der Waals surface area (Å²) in [5, 5.41) is 14.2. The van der Waals surface area contributed by atoms with E-state index >= 15 is 0 Å². The standard InChI is InChI=1S/C24H26N4O2.C2HF3O2/c1-15(28-30-24(2,3)4)16-5-7-17(8-6-16)21-13-18(9-11-25-21)22-14-19-20(27-22)10-12-26-23(19)29;3-2(4,5)1(6)7/h5-9,11,13-14,27H,10,12H2,1-4H3,(H,26,29);(H,6,7)/b28-15-;. The number of alkyl halides is 3. The number of oxime groups is 1. The van der Waals surface area contributed by atoms with Gasteiger partial charge in [-0.3, -0.25) is 9.78 Å². The van der Waals surface area contributed by atoms with Gasteiger partial charge >= 0.3 is 12.1 Å². The van der Waals surface area contributed by atoms with Crippen LogP contribution in [-0.4, -0.2) is 51.0 Å². The van der Waals surface area contributed by atoms with Gasteiger partial charge in [0.15, 0.2) is 0 Å². The topological polar surface area (TPSA) is 117 Å². The summed E-state index contributed by atoms with van der Waals surface area (Å²) in [6, 6.07) is 14.0. The Balaban J connectivity index is 0.000000479. The van der Waals surface area contributed by atoms with E-state index in [0.717, 1.165) is 51.5 Å². The number of nitrogens with zero attached hydrogens (tertiary/aromatic N) is 2. The fourth-order valence-electron chi connectivity index (χ4n) is 3.35. The van der Waals surface area contributed by atoms with Crippen molar-refractivity contribution in [2.45, 2.75) is 45.9 Å². The van der Waals surface area contributed by atoms with E-state index in [1.165, 1.54) is 0 Å². The number of aliphatic carboxylic acids is 1. The van der Waals surface area contributed by atoms with Gasteiger partial charge in [-0.1, -0.05) is 29.4 Å². The van der Waals surface area contributed by atoms with Crippen molar-refractivity contribution in [1.82, 2.24) is 15.3 Å². The second-order valence-corrected chi connectivity index (χ2v) is 9.27. The summed E-state index contributed by atoms with van der Waals surface area (Å²) in [5.41, 5.74) is 7.05. The van der Waals surface area contributed by atoms with Gasteiger partial charge in [-0.25, -0.2) is 4.79 Å². The monoisotopic (exact) mass is 516 g/mol. The first kappa shape index (κ1) is 27.4. The maximum Gasteiger partial charge on any atom is 0.490 e. The van der Waals surface area contributed by atoms with Crippen LogP contribution in [0, 0.1) is 0 Å². The smallest absolute Gasteiger partial charge is 0.475 e. The highest BCUT2D eigenvalue weighted by Crippen LogP contribution is 2.27. The lowest BCUT2D eigenvalue weighted by molar-refractivity contribution is -0.192. The molecule has 11 heteroatoms. The number of amides is 1. The van der Waals surface area contributed by atoms with E-state index in [2.05, 4.69) is 20.4 Å². The lowest BCUT2D eigenvalue weighted by atomic mass is 10.0. The molecule has 1 aliphatic heterocycles. The molecule has 0 fully saturated rings. The van der Waals surface area contributed by atoms with Crippen molar-refractivity contribution in [3.8, 4) is 22.5 Å². The molecule has 0 bridgehead atoms. The third kappa shape index (κ3) is 7.42. The molecule has 1 aromatic carbocycles. The summed E-state index contributed by atoms with van der Waals surface area (Å²) in [5.74, 6) is -2.77. The highest BCUT2D eigenvalue weighted by molar-refractivity contribution is 5.99. The Morgan fingerprint density at radius 1 is 1.08 bits per heavy atom. The van der Waals surface area contributed by atoms with Gasteiger partial charge in [0.1, 0.15) is 5.60 Å². The molecule has 3 aromatic rings. The third-order valence-corrected chi connectivity index (χ3v) is 5.17. The molecule has 8 nitrogen and oxygen atoms in total. The van der Waals surface area contributed by atoms with Gasteiger partial charge in [0, 0.05) is 41.7 Å². The first-order valence-electron chi connectivity index (χ1n) is 11.3. The number of fused-ring (bicyclic) bond motifs is 1. The minimum atomic E-state index is -5.08. The lowest BCUT2D eigenvalue weighted by Gasteiger charge is -2.16. The number of rotatable bonds is 4. The number of H-pyrrole nitrogens is 1. The van der Waals surface area contributed by atoms with Gasteiger partial charge in [-0.2, -0.15) is 13.2 Å². The zero-order valence-electron chi connectivity index (χ0n) is 20.7. The number of carboxylic acid groups (broad SMARTS) is 1. The van der Waals surface area contributed by atoms with E-state index in [-0.39, 0.29) is 11.5 Å². The Morgan fingerprint density at radius 2 is 1.73 bits per heavy atom. The van der Waals surface area contributed by atoms with Crippen molar-refractivity contribution < 1.29 is 32.7 Å². The first-order chi connectivity index (χ1) is 17.2. The van der Waals surface area contributed by atoms with Crippen LogP contribution in [-0.2, 0) is 16.1 Å². The van der Waals surface area contributed by atoms with Crippen molar-refractivity contribution >= 4 is 17.6 Å². The van der Waals surface area contributed by atoms with Crippen molar-refractivity contribution in [2.75, 3.05) is 6.54 Å². The largest absolute Gasteiger partial charge is 0.490 e. The second-order valence-electron chi connectivity index (χ2n) is 9.27. The highest BCUT2D eigenvalue weighted by atomic mass is 19.4. The van der Waals surface area contributed by atoms with Crippen LogP contribution in [0.25, 0.3) is 22.5 Å². The molecule has 196 valence electrons. The van der Waals surface area contributed by atoms with Crippen molar-refractivity contribution in [3.63, 3.8) is 0 Å². The summed E-state index contributed by atoms with van der Waals surface area (Å²) in [6.07, 6.45) is -2.47. The van der Waals surface area contributed by atoms with Gasteiger partial charge in [0.2, 0.25) is 0 Å². The Hall–Kier alpha value is -4.15. The fourth-order valence-corrected chi connectivity index (χ4v) is 3.35. The maximum absolute atomic E-state index is 12.0. The van der Waals surface area contributed by atoms with E-state index in [4.69, 9.17) is 14.7 Å². The number of hydrogen-bond donors (Lipinski definition) is 3. The number of carbonyl (C=O) groups is 2. The average Bonchev–Trinajstić information content (AvgIpc) is 3.28. The minimum absolute atomic E-state index is 0.0175. The fraction of sp³-hybridized carbons (Fsp3) is 0.308. The number of aromatic nitrogens is 2. The number of carboxylic acids is 1. The molecule has 1 amide bonds. The highest BCUT2D eigenvalue weighted by Gasteiger charge is 2.38. The molecule has 0 saturated carbocycles. The maximum atomic E-state index is 12.0. The molecule has 0 radical (unpaired) electrons. The molecular formula is C26H27F3N4O4. The molecule has 37 heavy (non-hydrogen) atoms. The zero-order chi connectivity index (χ0) is 27.4. The lowest BCUT2D eigenvalue weighted by Crippen LogP contribution is -2.31. The number of carbonyl (C=O) groups excluding carboxylic acids is 1. The molecular weight excluding hydrogens is 489 g/mol. The molecule has 0 atom stereocenters. The number of nitrogens with one attached hydrogen (secondary N) is 2. The van der Waals surface area contributed by atoms with Crippen LogP contribution in [0.15, 0.2) is 53.8 Å². The molecule has 3 N–H and O–H groups in total. The number of hydrogen-bond acceptors (Lipinski definition) is 5. The quantitative estimate of drug-likeness (QED) is 0.326. The molecule has 0 saturated heterocycles. The van der Waals surface area contributed by atoms with Gasteiger partial charge in [0.05, 0.1) is 17.0 Å². The summed E-state index contributed by atoms with van der Waals surface area (Å²) < 4.78 is 31.7. The summed E-state index contributed by atoms with van der Waals surface area (Å²) >= 11 is 0. The van der Waals surface area contributed by atoms with Crippen molar-refractivity contribution in [1.29, 1.82) is 0 Å². The molecule has 2 aromatic heterocycles.